The van der Waals surface area contributed by atoms with Gasteiger partial charge in [0.25, 0.3) is 5.91 Å². The fourth-order valence-electron chi connectivity index (χ4n) is 3.81. The molecule has 0 saturated heterocycles. The van der Waals surface area contributed by atoms with E-state index in [1.165, 1.54) is 0 Å². The van der Waals surface area contributed by atoms with Crippen molar-refractivity contribution in [2.24, 2.45) is 0 Å². The third-order valence-electron chi connectivity index (χ3n) is 5.07. The molecule has 2 N–H and O–H groups in total. The van der Waals surface area contributed by atoms with Crippen LogP contribution < -0.4 is 15.4 Å². The Hall–Kier alpha value is -3.48. The molecule has 0 radical (unpaired) electrons. The molecule has 162 valence electrons. The van der Waals surface area contributed by atoms with Gasteiger partial charge in [-0.05, 0) is 52.0 Å². The highest BCUT2D eigenvalue weighted by molar-refractivity contribution is 6.09. The van der Waals surface area contributed by atoms with E-state index in [1.54, 1.807) is 17.0 Å². The van der Waals surface area contributed by atoms with Gasteiger partial charge in [-0.2, -0.15) is 0 Å². The van der Waals surface area contributed by atoms with E-state index >= 15 is 0 Å². The molecular weight excluding hydrogens is 394 g/mol. The molecular formula is C24H27N3O4. The summed E-state index contributed by atoms with van der Waals surface area (Å²) in [5.41, 5.74) is 3.42. The molecule has 0 aromatic heterocycles. The summed E-state index contributed by atoms with van der Waals surface area (Å²) in [6, 6.07) is 13.0. The zero-order chi connectivity index (χ0) is 22.2. The number of carbonyl (C=O) groups excluding carboxylic acids is 2. The van der Waals surface area contributed by atoms with Crippen molar-refractivity contribution in [2.45, 2.75) is 39.4 Å². The van der Waals surface area contributed by atoms with Gasteiger partial charge in [-0.15, -0.1) is 0 Å². The second-order valence-electron chi connectivity index (χ2n) is 8.59. The van der Waals surface area contributed by atoms with Crippen molar-refractivity contribution in [1.82, 2.24) is 4.90 Å². The van der Waals surface area contributed by atoms with Gasteiger partial charge in [0, 0.05) is 22.5 Å². The first-order valence-corrected chi connectivity index (χ1v) is 10.4. The van der Waals surface area contributed by atoms with Crippen molar-refractivity contribution in [3.63, 3.8) is 0 Å². The summed E-state index contributed by atoms with van der Waals surface area (Å²) in [6.45, 7) is 8.37. The number of allylic oxidation sites excluding steroid dienone is 1. The summed E-state index contributed by atoms with van der Waals surface area (Å²) < 4.78 is 11.4. The van der Waals surface area contributed by atoms with Gasteiger partial charge in [-0.1, -0.05) is 24.3 Å². The lowest BCUT2D eigenvalue weighted by atomic mass is 10.1. The topological polar surface area (TPSA) is 79.9 Å². The summed E-state index contributed by atoms with van der Waals surface area (Å²) in [5.74, 6) is 0.673. The van der Waals surface area contributed by atoms with Crippen molar-refractivity contribution in [3.8, 4) is 5.75 Å². The minimum atomic E-state index is -0.564. The molecule has 2 heterocycles. The van der Waals surface area contributed by atoms with E-state index in [0.29, 0.717) is 24.5 Å². The molecule has 2 aromatic carbocycles. The summed E-state index contributed by atoms with van der Waals surface area (Å²) in [7, 11) is 0. The molecule has 0 saturated carbocycles. The van der Waals surface area contributed by atoms with Gasteiger partial charge in [0.05, 0.1) is 18.8 Å². The number of anilines is 2. The van der Waals surface area contributed by atoms with E-state index in [-0.39, 0.29) is 12.0 Å². The molecule has 4 rings (SSSR count). The van der Waals surface area contributed by atoms with Crippen molar-refractivity contribution in [1.29, 1.82) is 0 Å². The maximum atomic E-state index is 12.9. The molecule has 2 amide bonds. The third kappa shape index (κ3) is 4.35. The molecule has 1 atom stereocenters. The van der Waals surface area contributed by atoms with E-state index in [4.69, 9.17) is 9.47 Å². The maximum absolute atomic E-state index is 12.9. The van der Waals surface area contributed by atoms with Gasteiger partial charge in [0.1, 0.15) is 17.5 Å². The van der Waals surface area contributed by atoms with Crippen LogP contribution >= 0.6 is 0 Å². The Labute approximate surface area is 182 Å². The minimum absolute atomic E-state index is 0.00462. The first-order chi connectivity index (χ1) is 14.7. The number of rotatable bonds is 3. The van der Waals surface area contributed by atoms with Gasteiger partial charge in [0.2, 0.25) is 0 Å². The van der Waals surface area contributed by atoms with Crippen LogP contribution in [0.2, 0.25) is 0 Å². The molecule has 0 bridgehead atoms. The zero-order valence-corrected chi connectivity index (χ0v) is 18.2. The summed E-state index contributed by atoms with van der Waals surface area (Å²) in [6.07, 6.45) is 1.25. The molecule has 0 fully saturated rings. The molecule has 1 unspecified atom stereocenters. The van der Waals surface area contributed by atoms with Gasteiger partial charge in [0.15, 0.2) is 0 Å². The molecule has 0 spiro atoms. The average Bonchev–Trinajstić information content (AvgIpc) is 2.98. The molecule has 31 heavy (non-hydrogen) atoms. The van der Waals surface area contributed by atoms with Crippen LogP contribution in [-0.4, -0.2) is 41.7 Å². The second kappa shape index (κ2) is 7.98. The molecule has 7 heteroatoms. The number of hydrogen-bond acceptors (Lipinski definition) is 5. The number of ether oxygens (including phenoxy) is 2. The Balaban J connectivity index is 1.43. The van der Waals surface area contributed by atoms with Crippen LogP contribution in [0.3, 0.4) is 0 Å². The van der Waals surface area contributed by atoms with Crippen LogP contribution in [-0.2, 0) is 4.74 Å². The van der Waals surface area contributed by atoms with Gasteiger partial charge >= 0.3 is 6.09 Å². The predicted molar refractivity (Wildman–Crippen MR) is 120 cm³/mol. The third-order valence-corrected chi connectivity index (χ3v) is 5.07. The van der Waals surface area contributed by atoms with Crippen molar-refractivity contribution >= 4 is 29.1 Å². The Kier molecular flexibility index (Phi) is 5.35. The predicted octanol–water partition coefficient (Wildman–Crippen LogP) is 4.72. The largest absolute Gasteiger partial charge is 0.485 e. The highest BCUT2D eigenvalue weighted by Gasteiger charge is 2.34. The van der Waals surface area contributed by atoms with E-state index in [1.807, 2.05) is 64.1 Å². The number of benzene rings is 2. The molecule has 7 nitrogen and oxygen atoms in total. The minimum Gasteiger partial charge on any atom is -0.485 e. The van der Waals surface area contributed by atoms with Crippen molar-refractivity contribution < 1.29 is 19.1 Å². The van der Waals surface area contributed by atoms with Crippen LogP contribution in [0.15, 0.2) is 48.5 Å². The number of amides is 2. The van der Waals surface area contributed by atoms with E-state index in [2.05, 4.69) is 10.6 Å². The lowest BCUT2D eigenvalue weighted by Gasteiger charge is -2.31. The number of hydrogen-bond donors (Lipinski definition) is 2. The highest BCUT2D eigenvalue weighted by Crippen LogP contribution is 2.35. The SMILES string of the molecule is CC=C1c2ccccc2C(=O)N1CC1CNc2cc(NC(=O)OC(C)(C)C)ccc2O1. The standard InChI is InChI=1S/C24H27N3O4/c1-5-20-17-8-6-7-9-18(17)22(28)27(20)14-16-13-25-19-12-15(10-11-21(19)30-16)26-23(29)31-24(2,3)4/h5-12,16,25H,13-14H2,1-4H3,(H,26,29). The average molecular weight is 421 g/mol. The van der Waals surface area contributed by atoms with Crippen molar-refractivity contribution in [3.05, 3.63) is 59.7 Å². The Morgan fingerprint density at radius 1 is 1.26 bits per heavy atom. The molecule has 2 aliphatic rings. The van der Waals surface area contributed by atoms with Crippen molar-refractivity contribution in [2.75, 3.05) is 23.7 Å². The first-order valence-electron chi connectivity index (χ1n) is 10.4. The first kappa shape index (κ1) is 20.8. The Morgan fingerprint density at radius 3 is 2.71 bits per heavy atom. The van der Waals surface area contributed by atoms with Crippen LogP contribution in [0, 0.1) is 0 Å². The summed E-state index contributed by atoms with van der Waals surface area (Å²) >= 11 is 0. The number of nitrogens with zero attached hydrogens (tertiary/aromatic N) is 1. The van der Waals surface area contributed by atoms with Crippen LogP contribution in [0.25, 0.3) is 5.70 Å². The molecule has 2 aromatic rings. The van der Waals surface area contributed by atoms with E-state index in [0.717, 1.165) is 22.5 Å². The summed E-state index contributed by atoms with van der Waals surface area (Å²) in [5, 5.41) is 6.07. The second-order valence-corrected chi connectivity index (χ2v) is 8.59. The molecule has 0 aliphatic carbocycles. The zero-order valence-electron chi connectivity index (χ0n) is 18.2. The maximum Gasteiger partial charge on any atom is 0.412 e. The summed E-state index contributed by atoms with van der Waals surface area (Å²) in [4.78, 5) is 26.7. The van der Waals surface area contributed by atoms with Gasteiger partial charge < -0.3 is 19.7 Å². The van der Waals surface area contributed by atoms with Crippen LogP contribution in [0.4, 0.5) is 16.2 Å². The Morgan fingerprint density at radius 2 is 2.00 bits per heavy atom. The number of carbonyl (C=O) groups is 2. The lowest BCUT2D eigenvalue weighted by molar-refractivity contribution is 0.0635. The monoisotopic (exact) mass is 421 g/mol. The molecule has 2 aliphatic heterocycles. The van der Waals surface area contributed by atoms with Gasteiger partial charge in [-0.25, -0.2) is 4.79 Å². The van der Waals surface area contributed by atoms with Gasteiger partial charge in [-0.3, -0.25) is 10.1 Å². The van der Waals surface area contributed by atoms with Crippen LogP contribution in [0.1, 0.15) is 43.6 Å². The van der Waals surface area contributed by atoms with E-state index in [9.17, 15) is 9.59 Å². The quantitative estimate of drug-likeness (QED) is 0.749. The smallest absolute Gasteiger partial charge is 0.412 e. The highest BCUT2D eigenvalue weighted by atomic mass is 16.6. The normalized spacial score (nSPS) is 18.7. The van der Waals surface area contributed by atoms with E-state index < -0.39 is 11.7 Å². The number of nitrogens with one attached hydrogen (secondary N) is 2. The Bertz CT molecular complexity index is 1060. The fraction of sp³-hybridized carbons (Fsp3) is 0.333. The fourth-order valence-corrected chi connectivity index (χ4v) is 3.81. The lowest BCUT2D eigenvalue weighted by Crippen LogP contribution is -2.41. The van der Waals surface area contributed by atoms with Crippen LogP contribution in [0.5, 0.6) is 5.75 Å². The number of fused-ring (bicyclic) bond motifs is 2.